The molecule has 5 nitrogen and oxygen atoms in total. The second kappa shape index (κ2) is 3.50. The monoisotopic (exact) mass is 199 g/mol. The lowest BCUT2D eigenvalue weighted by atomic mass is 10.1. The van der Waals surface area contributed by atoms with E-state index in [0.29, 0.717) is 11.3 Å². The molecule has 0 unspecified atom stereocenters. The van der Waals surface area contributed by atoms with Crippen LogP contribution in [0.1, 0.15) is 17.0 Å². The van der Waals surface area contributed by atoms with E-state index in [1.807, 2.05) is 19.9 Å². The summed E-state index contributed by atoms with van der Waals surface area (Å²) >= 11 is 0. The SMILES string of the molecule is Cc1cc(-n2cncn2)c(C#N)c(C)n1. The third kappa shape index (κ3) is 1.57. The average molecular weight is 199 g/mol. The maximum Gasteiger partial charge on any atom is 0.138 e. The van der Waals surface area contributed by atoms with Gasteiger partial charge in [0.1, 0.15) is 18.7 Å². The number of pyridine rings is 1. The molecule has 0 radical (unpaired) electrons. The van der Waals surface area contributed by atoms with Crippen LogP contribution in [0.4, 0.5) is 0 Å². The topological polar surface area (TPSA) is 67.4 Å². The molecule has 0 saturated heterocycles. The Morgan fingerprint density at radius 3 is 2.80 bits per heavy atom. The fourth-order valence-electron chi connectivity index (χ4n) is 1.46. The van der Waals surface area contributed by atoms with Gasteiger partial charge in [-0.05, 0) is 19.9 Å². The van der Waals surface area contributed by atoms with Crippen molar-refractivity contribution in [1.82, 2.24) is 19.7 Å². The Hall–Kier alpha value is -2.22. The van der Waals surface area contributed by atoms with Crippen LogP contribution in [0, 0.1) is 25.2 Å². The van der Waals surface area contributed by atoms with Gasteiger partial charge in [-0.2, -0.15) is 10.4 Å². The Kier molecular flexibility index (Phi) is 2.18. The van der Waals surface area contributed by atoms with Gasteiger partial charge in [0.25, 0.3) is 0 Å². The predicted molar refractivity (Wildman–Crippen MR) is 53.3 cm³/mol. The lowest BCUT2D eigenvalue weighted by Crippen LogP contribution is -2.03. The molecule has 0 aliphatic heterocycles. The summed E-state index contributed by atoms with van der Waals surface area (Å²) in [5.41, 5.74) is 2.83. The van der Waals surface area contributed by atoms with Gasteiger partial charge >= 0.3 is 0 Å². The van der Waals surface area contributed by atoms with Crippen molar-refractivity contribution in [3.8, 4) is 11.8 Å². The Morgan fingerprint density at radius 2 is 2.20 bits per heavy atom. The van der Waals surface area contributed by atoms with Crippen molar-refractivity contribution in [3.05, 3.63) is 35.7 Å². The van der Waals surface area contributed by atoms with E-state index in [1.165, 1.54) is 6.33 Å². The van der Waals surface area contributed by atoms with Crippen molar-refractivity contribution >= 4 is 0 Å². The molecular formula is C10H9N5. The van der Waals surface area contributed by atoms with Gasteiger partial charge in [-0.1, -0.05) is 0 Å². The molecule has 0 bridgehead atoms. The summed E-state index contributed by atoms with van der Waals surface area (Å²) in [4.78, 5) is 8.09. The van der Waals surface area contributed by atoms with Crippen molar-refractivity contribution in [1.29, 1.82) is 5.26 Å². The molecule has 0 spiro atoms. The molecule has 0 aliphatic carbocycles. The van der Waals surface area contributed by atoms with Crippen LogP contribution in [-0.2, 0) is 0 Å². The summed E-state index contributed by atoms with van der Waals surface area (Å²) in [5.74, 6) is 0. The fourth-order valence-corrected chi connectivity index (χ4v) is 1.46. The number of hydrogen-bond acceptors (Lipinski definition) is 4. The number of rotatable bonds is 1. The number of nitriles is 1. The molecule has 2 aromatic rings. The highest BCUT2D eigenvalue weighted by Crippen LogP contribution is 2.16. The maximum absolute atomic E-state index is 9.04. The molecule has 0 N–H and O–H groups in total. The second-order valence-electron chi connectivity index (χ2n) is 3.20. The van der Waals surface area contributed by atoms with Crippen LogP contribution in [0.2, 0.25) is 0 Å². The van der Waals surface area contributed by atoms with E-state index < -0.39 is 0 Å². The van der Waals surface area contributed by atoms with Crippen molar-refractivity contribution in [2.75, 3.05) is 0 Å². The smallest absolute Gasteiger partial charge is 0.138 e. The molecule has 0 aromatic carbocycles. The van der Waals surface area contributed by atoms with Gasteiger partial charge in [0, 0.05) is 5.69 Å². The molecule has 2 aromatic heterocycles. The standard InChI is InChI=1S/C10H9N5/c1-7-3-10(15-6-12-5-13-15)9(4-11)8(2)14-7/h3,5-6H,1-2H3. The molecule has 0 atom stereocenters. The molecule has 2 heterocycles. The first-order chi connectivity index (χ1) is 7.22. The van der Waals surface area contributed by atoms with E-state index in [1.54, 1.807) is 11.0 Å². The normalized spacial score (nSPS) is 9.93. The molecule has 74 valence electrons. The van der Waals surface area contributed by atoms with E-state index in [0.717, 1.165) is 11.4 Å². The third-order valence-corrected chi connectivity index (χ3v) is 2.08. The largest absolute Gasteiger partial charge is 0.257 e. The third-order valence-electron chi connectivity index (χ3n) is 2.08. The molecule has 2 rings (SSSR count). The van der Waals surface area contributed by atoms with Crippen LogP contribution < -0.4 is 0 Å². The van der Waals surface area contributed by atoms with E-state index >= 15 is 0 Å². The van der Waals surface area contributed by atoms with Crippen molar-refractivity contribution < 1.29 is 0 Å². The predicted octanol–water partition coefficient (Wildman–Crippen LogP) is 1.15. The zero-order valence-electron chi connectivity index (χ0n) is 8.47. The fraction of sp³-hybridized carbons (Fsp3) is 0.200. The minimum Gasteiger partial charge on any atom is -0.257 e. The van der Waals surface area contributed by atoms with Crippen LogP contribution in [-0.4, -0.2) is 19.7 Å². The Morgan fingerprint density at radius 1 is 1.40 bits per heavy atom. The number of aromatic nitrogens is 4. The van der Waals surface area contributed by atoms with Crippen LogP contribution in [0.25, 0.3) is 5.69 Å². The maximum atomic E-state index is 9.04. The first-order valence-corrected chi connectivity index (χ1v) is 4.45. The van der Waals surface area contributed by atoms with Crippen LogP contribution in [0.15, 0.2) is 18.7 Å². The average Bonchev–Trinajstić information content (AvgIpc) is 2.69. The summed E-state index contributed by atoms with van der Waals surface area (Å²) in [7, 11) is 0. The second-order valence-corrected chi connectivity index (χ2v) is 3.20. The Labute approximate surface area is 87.0 Å². The Bertz CT molecular complexity index is 521. The zero-order chi connectivity index (χ0) is 10.8. The molecule has 0 amide bonds. The van der Waals surface area contributed by atoms with Crippen molar-refractivity contribution in [2.24, 2.45) is 0 Å². The van der Waals surface area contributed by atoms with E-state index in [9.17, 15) is 0 Å². The lowest BCUT2D eigenvalue weighted by molar-refractivity contribution is 0.865. The van der Waals surface area contributed by atoms with Gasteiger partial charge in [0.05, 0.1) is 16.9 Å². The number of aryl methyl sites for hydroxylation is 2. The summed E-state index contributed by atoms with van der Waals surface area (Å²) in [6.07, 6.45) is 3.00. The summed E-state index contributed by atoms with van der Waals surface area (Å²) < 4.78 is 1.57. The minimum atomic E-state index is 0.533. The number of hydrogen-bond donors (Lipinski definition) is 0. The summed E-state index contributed by atoms with van der Waals surface area (Å²) in [6.45, 7) is 3.70. The van der Waals surface area contributed by atoms with Gasteiger partial charge in [0.15, 0.2) is 0 Å². The zero-order valence-corrected chi connectivity index (χ0v) is 8.47. The lowest BCUT2D eigenvalue weighted by Gasteiger charge is -2.06. The molecule has 0 aliphatic rings. The van der Waals surface area contributed by atoms with Gasteiger partial charge in [-0.15, -0.1) is 0 Å². The van der Waals surface area contributed by atoms with E-state index in [4.69, 9.17) is 5.26 Å². The van der Waals surface area contributed by atoms with Crippen molar-refractivity contribution in [3.63, 3.8) is 0 Å². The first-order valence-electron chi connectivity index (χ1n) is 4.45. The highest BCUT2D eigenvalue weighted by atomic mass is 15.3. The first kappa shape index (κ1) is 9.34. The van der Waals surface area contributed by atoms with Crippen LogP contribution in [0.3, 0.4) is 0 Å². The minimum absolute atomic E-state index is 0.533. The van der Waals surface area contributed by atoms with E-state index in [2.05, 4.69) is 21.1 Å². The molecule has 5 heteroatoms. The summed E-state index contributed by atoms with van der Waals surface area (Å²) in [6, 6.07) is 3.95. The molecule has 0 fully saturated rings. The van der Waals surface area contributed by atoms with Gasteiger partial charge in [-0.25, -0.2) is 9.67 Å². The van der Waals surface area contributed by atoms with E-state index in [-0.39, 0.29) is 0 Å². The van der Waals surface area contributed by atoms with Gasteiger partial charge < -0.3 is 0 Å². The van der Waals surface area contributed by atoms with Crippen LogP contribution >= 0.6 is 0 Å². The van der Waals surface area contributed by atoms with Crippen molar-refractivity contribution in [2.45, 2.75) is 13.8 Å². The molecule has 0 saturated carbocycles. The van der Waals surface area contributed by atoms with Gasteiger partial charge in [-0.3, -0.25) is 4.98 Å². The highest BCUT2D eigenvalue weighted by molar-refractivity contribution is 5.51. The van der Waals surface area contributed by atoms with Crippen LogP contribution in [0.5, 0.6) is 0 Å². The molecular weight excluding hydrogens is 190 g/mol. The quantitative estimate of drug-likeness (QED) is 0.691. The highest BCUT2D eigenvalue weighted by Gasteiger charge is 2.09. The van der Waals surface area contributed by atoms with Gasteiger partial charge in [0.2, 0.25) is 0 Å². The summed E-state index contributed by atoms with van der Waals surface area (Å²) in [5, 5.41) is 13.0. The Balaban J connectivity index is 2.71. The number of nitrogens with zero attached hydrogens (tertiary/aromatic N) is 5. The molecule has 15 heavy (non-hydrogen) atoms.